The first-order valence-electron chi connectivity index (χ1n) is 23.0. The summed E-state index contributed by atoms with van der Waals surface area (Å²) in [5.74, 6) is 4.20. The molecule has 0 bridgehead atoms. The molecule has 0 fully saturated rings. The quantitative estimate of drug-likeness (QED) is 0.105. The predicted octanol–water partition coefficient (Wildman–Crippen LogP) is 18.1. The SMILES string of the molecule is C#Cc1ccc2c(c1-c1c(CCCC)ccc3cc(/C(=C/C)c4ccccc4C)ccc13)CCC(C(C=C)C1C=CC=CC1=C)=C2.C=CC(C)C.CC.CCC.CCCC. The lowest BCUT2D eigenvalue weighted by Crippen LogP contribution is -2.18. The number of hydrogen-bond donors (Lipinski definition) is 0. The number of allylic oxidation sites excluding steroid dienone is 9. The maximum absolute atomic E-state index is 6.28. The Kier molecular flexibility index (Phi) is 23.5. The molecule has 2 aliphatic rings. The number of hydrogen-bond acceptors (Lipinski definition) is 0. The van der Waals surface area contributed by atoms with Crippen LogP contribution in [-0.2, 0) is 12.8 Å². The summed E-state index contributed by atoms with van der Waals surface area (Å²) in [6, 6.07) is 24.7. The third-order valence-electron chi connectivity index (χ3n) is 10.9. The molecule has 4 aromatic rings. The molecule has 0 nitrogen and oxygen atoms in total. The third-order valence-corrected chi connectivity index (χ3v) is 10.9. The number of fused-ring (bicyclic) bond motifs is 2. The molecule has 0 aliphatic heterocycles. The summed E-state index contributed by atoms with van der Waals surface area (Å²) in [7, 11) is 0. The summed E-state index contributed by atoms with van der Waals surface area (Å²) in [6.07, 6.45) is 32.7. The largest absolute Gasteiger partial charge is 0.115 e. The monoisotopic (exact) mass is 799 g/mol. The summed E-state index contributed by atoms with van der Waals surface area (Å²) < 4.78 is 0. The van der Waals surface area contributed by atoms with Crippen LogP contribution in [0, 0.1) is 37.0 Å². The first kappa shape index (κ1) is 51.0. The van der Waals surface area contributed by atoms with Crippen LogP contribution in [0.3, 0.4) is 0 Å². The normalized spacial score (nSPS) is 14.3. The molecule has 0 heterocycles. The second kappa shape index (κ2) is 27.6. The van der Waals surface area contributed by atoms with Gasteiger partial charge < -0.3 is 0 Å². The molecule has 60 heavy (non-hydrogen) atoms. The zero-order valence-corrected chi connectivity index (χ0v) is 39.6. The molecule has 0 radical (unpaired) electrons. The average Bonchev–Trinajstić information content (AvgIpc) is 3.28. The lowest BCUT2D eigenvalue weighted by molar-refractivity contribution is 0.594. The number of aryl methyl sites for hydroxylation is 2. The predicted molar refractivity (Wildman–Crippen MR) is 274 cm³/mol. The molecule has 4 aromatic carbocycles. The smallest absolute Gasteiger partial charge is 0.0324 e. The molecule has 0 heteroatoms. The third kappa shape index (κ3) is 13.7. The Morgan fingerprint density at radius 2 is 1.53 bits per heavy atom. The summed E-state index contributed by atoms with van der Waals surface area (Å²) in [6.45, 7) is 35.6. The van der Waals surface area contributed by atoms with E-state index in [2.05, 4.69) is 197 Å². The van der Waals surface area contributed by atoms with Gasteiger partial charge in [0.2, 0.25) is 0 Å². The van der Waals surface area contributed by atoms with Crippen LogP contribution in [-0.4, -0.2) is 0 Å². The first-order chi connectivity index (χ1) is 29.1. The minimum Gasteiger partial charge on any atom is -0.115 e. The van der Waals surface area contributed by atoms with Crippen molar-refractivity contribution >= 4 is 22.4 Å². The summed E-state index contributed by atoms with van der Waals surface area (Å²) in [5.41, 5.74) is 15.2. The highest BCUT2D eigenvalue weighted by atomic mass is 14.3. The van der Waals surface area contributed by atoms with E-state index in [0.29, 0.717) is 5.92 Å². The molecule has 0 saturated carbocycles. The number of unbranched alkanes of at least 4 members (excludes halogenated alkanes) is 2. The first-order valence-corrected chi connectivity index (χ1v) is 23.0. The second-order valence-electron chi connectivity index (χ2n) is 15.9. The van der Waals surface area contributed by atoms with Gasteiger partial charge in [-0.15, -0.1) is 19.6 Å². The van der Waals surface area contributed by atoms with Gasteiger partial charge in [-0.25, -0.2) is 0 Å². The van der Waals surface area contributed by atoms with Crippen LogP contribution in [0.25, 0.3) is 33.5 Å². The van der Waals surface area contributed by atoms with Crippen molar-refractivity contribution in [3.05, 3.63) is 179 Å². The van der Waals surface area contributed by atoms with Gasteiger partial charge in [0.15, 0.2) is 0 Å². The van der Waals surface area contributed by atoms with Crippen LogP contribution < -0.4 is 0 Å². The van der Waals surface area contributed by atoms with Crippen molar-refractivity contribution in [2.24, 2.45) is 17.8 Å². The van der Waals surface area contributed by atoms with Crippen molar-refractivity contribution in [3.63, 3.8) is 0 Å². The molecule has 2 unspecified atom stereocenters. The maximum Gasteiger partial charge on any atom is 0.0324 e. The zero-order chi connectivity index (χ0) is 44.6. The lowest BCUT2D eigenvalue weighted by Gasteiger charge is -2.30. The van der Waals surface area contributed by atoms with E-state index in [1.807, 2.05) is 19.9 Å². The van der Waals surface area contributed by atoms with Crippen LogP contribution in [0.2, 0.25) is 0 Å². The average molecular weight is 799 g/mol. The van der Waals surface area contributed by atoms with E-state index in [4.69, 9.17) is 6.42 Å². The zero-order valence-electron chi connectivity index (χ0n) is 39.6. The Hall–Kier alpha value is -5.12. The van der Waals surface area contributed by atoms with Gasteiger partial charge in [0.05, 0.1) is 0 Å². The Morgan fingerprint density at radius 3 is 2.10 bits per heavy atom. The Bertz CT molecular complexity index is 2140. The fourth-order valence-electron chi connectivity index (χ4n) is 7.52. The fraction of sp³-hybridized carbons (Fsp3) is 0.367. The fourth-order valence-corrected chi connectivity index (χ4v) is 7.52. The van der Waals surface area contributed by atoms with E-state index in [1.165, 1.54) is 85.7 Å². The molecule has 2 aliphatic carbocycles. The van der Waals surface area contributed by atoms with Crippen LogP contribution in [0.15, 0.2) is 140 Å². The topological polar surface area (TPSA) is 0 Å². The maximum atomic E-state index is 6.28. The van der Waals surface area contributed by atoms with Gasteiger partial charge in [0.1, 0.15) is 0 Å². The standard InChI is InChI=1S/C46H44.C5H10.C4H10.C3H8.C2H6/c1-7-11-18-34-22-24-38-30-36(40(10-4)42-20-15-13-17-32(42)6)26-28-44(38)46(34)45-33(8-2)21-23-37-29-35(25-27-43(37)45)39(9-3)41-19-14-12-16-31(41)5;1-4-5(2)3;1-3-4-2;1-3-2;1-2/h2,9-10,12-17,19-24,26,28-30,39,41H,3,5,7,11,18,25,27H2,1,4,6H3;4-5H,1H2,2-3H3;3-4H2,1-2H3;3H2,1-2H3;1-2H3/b40-10-;;;;. The van der Waals surface area contributed by atoms with Gasteiger partial charge in [-0.05, 0) is 118 Å². The number of benzene rings is 4. The van der Waals surface area contributed by atoms with E-state index in [9.17, 15) is 0 Å². The molecule has 2 atom stereocenters. The van der Waals surface area contributed by atoms with Crippen molar-refractivity contribution < 1.29 is 0 Å². The van der Waals surface area contributed by atoms with E-state index in [-0.39, 0.29) is 11.8 Å². The molecule has 0 spiro atoms. The highest BCUT2D eigenvalue weighted by Crippen LogP contribution is 2.44. The molecular formula is C60H78. The molecule has 0 amide bonds. The summed E-state index contributed by atoms with van der Waals surface area (Å²) in [5, 5.41) is 2.52. The minimum atomic E-state index is 0.225. The minimum absolute atomic E-state index is 0.225. The molecular weight excluding hydrogens is 721 g/mol. The molecule has 6 rings (SSSR count). The highest BCUT2D eigenvalue weighted by Gasteiger charge is 2.27. The van der Waals surface area contributed by atoms with Gasteiger partial charge in [-0.1, -0.05) is 209 Å². The molecule has 0 aromatic heterocycles. The Balaban J connectivity index is 0.000000777. The van der Waals surface area contributed by atoms with Crippen molar-refractivity contribution in [3.8, 4) is 23.5 Å². The summed E-state index contributed by atoms with van der Waals surface area (Å²) >= 11 is 0. The van der Waals surface area contributed by atoms with Crippen LogP contribution in [0.5, 0.6) is 0 Å². The van der Waals surface area contributed by atoms with Crippen molar-refractivity contribution in [2.45, 2.75) is 128 Å². The van der Waals surface area contributed by atoms with E-state index < -0.39 is 0 Å². The van der Waals surface area contributed by atoms with Crippen LogP contribution >= 0.6 is 0 Å². The second-order valence-corrected chi connectivity index (χ2v) is 15.9. The van der Waals surface area contributed by atoms with Gasteiger partial charge in [0, 0.05) is 23.0 Å². The Morgan fingerprint density at radius 1 is 0.850 bits per heavy atom. The van der Waals surface area contributed by atoms with Crippen molar-refractivity contribution in [2.75, 3.05) is 0 Å². The Labute approximate surface area is 368 Å². The van der Waals surface area contributed by atoms with Crippen LogP contribution in [0.4, 0.5) is 0 Å². The van der Waals surface area contributed by atoms with Gasteiger partial charge >= 0.3 is 0 Å². The number of rotatable bonds is 11. The van der Waals surface area contributed by atoms with Gasteiger partial charge in [-0.2, -0.15) is 0 Å². The molecule has 318 valence electrons. The molecule has 0 N–H and O–H groups in total. The summed E-state index contributed by atoms with van der Waals surface area (Å²) in [4.78, 5) is 0. The highest BCUT2D eigenvalue weighted by molar-refractivity contribution is 6.03. The van der Waals surface area contributed by atoms with Crippen molar-refractivity contribution in [1.29, 1.82) is 0 Å². The lowest BCUT2D eigenvalue weighted by atomic mass is 9.74. The van der Waals surface area contributed by atoms with Crippen LogP contribution in [0.1, 0.15) is 147 Å². The van der Waals surface area contributed by atoms with E-state index in [1.54, 1.807) is 0 Å². The molecule has 0 saturated heterocycles. The van der Waals surface area contributed by atoms with Gasteiger partial charge in [0.25, 0.3) is 0 Å². The number of terminal acetylenes is 1. The van der Waals surface area contributed by atoms with E-state index in [0.717, 1.165) is 43.2 Å². The van der Waals surface area contributed by atoms with Crippen molar-refractivity contribution in [1.82, 2.24) is 0 Å². The van der Waals surface area contributed by atoms with E-state index >= 15 is 0 Å². The van der Waals surface area contributed by atoms with Gasteiger partial charge in [-0.3, -0.25) is 0 Å².